The molecule has 0 fully saturated rings. The normalized spacial score (nSPS) is 11.2. The van der Waals surface area contributed by atoms with Gasteiger partial charge in [-0.05, 0) is 5.56 Å². The molecule has 20 heavy (non-hydrogen) atoms. The molecule has 1 N–H and O–H groups in total. The molecule has 0 heterocycles. The molecular weight excluding hydrogens is 258 g/mol. The molecule has 0 bridgehead atoms. The lowest BCUT2D eigenvalue weighted by molar-refractivity contribution is -0.145. The van der Waals surface area contributed by atoms with Crippen molar-refractivity contribution >= 4 is 11.9 Å². The fourth-order valence-corrected chi connectivity index (χ4v) is 1.53. The molecule has 1 aromatic rings. The Balaban J connectivity index is 2.35. The molecule has 0 saturated carbocycles. The van der Waals surface area contributed by atoms with Crippen LogP contribution in [0.1, 0.15) is 12.0 Å². The van der Waals surface area contributed by atoms with Gasteiger partial charge < -0.3 is 14.8 Å². The lowest BCUT2D eigenvalue weighted by atomic mass is 10.2. The van der Waals surface area contributed by atoms with Gasteiger partial charge in [0.15, 0.2) is 0 Å². The Morgan fingerprint density at radius 2 is 2.05 bits per heavy atom. The van der Waals surface area contributed by atoms with Gasteiger partial charge >= 0.3 is 5.97 Å². The van der Waals surface area contributed by atoms with Gasteiger partial charge in [-0.3, -0.25) is 4.79 Å². The molecule has 5 nitrogen and oxygen atoms in total. The van der Waals surface area contributed by atoms with E-state index in [0.717, 1.165) is 5.56 Å². The molecular formula is C15H17NO4. The Morgan fingerprint density at radius 1 is 1.35 bits per heavy atom. The molecule has 1 atom stereocenters. The highest BCUT2D eigenvalue weighted by molar-refractivity contribution is 5.85. The van der Waals surface area contributed by atoms with Gasteiger partial charge in [0.25, 0.3) is 0 Å². The van der Waals surface area contributed by atoms with Gasteiger partial charge in [0.1, 0.15) is 12.6 Å². The third-order valence-electron chi connectivity index (χ3n) is 2.49. The van der Waals surface area contributed by atoms with Crippen molar-refractivity contribution in [3.63, 3.8) is 0 Å². The smallest absolute Gasteiger partial charge is 0.329 e. The van der Waals surface area contributed by atoms with E-state index in [1.807, 2.05) is 30.3 Å². The summed E-state index contributed by atoms with van der Waals surface area (Å²) < 4.78 is 9.81. The van der Waals surface area contributed by atoms with Gasteiger partial charge in [-0.15, -0.1) is 12.3 Å². The Labute approximate surface area is 118 Å². The molecule has 0 radical (unpaired) electrons. The minimum atomic E-state index is -0.835. The maximum absolute atomic E-state index is 11.6. The summed E-state index contributed by atoms with van der Waals surface area (Å²) in [6.07, 6.45) is 5.21. The molecule has 1 aromatic carbocycles. The van der Waals surface area contributed by atoms with E-state index in [2.05, 4.69) is 16.0 Å². The molecule has 0 spiro atoms. The summed E-state index contributed by atoms with van der Waals surface area (Å²) in [6, 6.07) is 8.63. The summed E-state index contributed by atoms with van der Waals surface area (Å²) in [5.74, 6) is 1.33. The number of carbonyl (C=O) groups is 2. The number of hydrogen-bond acceptors (Lipinski definition) is 4. The Kier molecular flexibility index (Phi) is 6.87. The fourth-order valence-electron chi connectivity index (χ4n) is 1.53. The summed E-state index contributed by atoms with van der Waals surface area (Å²) in [7, 11) is 1.24. The number of esters is 1. The van der Waals surface area contributed by atoms with E-state index in [-0.39, 0.29) is 13.0 Å². The van der Waals surface area contributed by atoms with Crippen LogP contribution in [0.15, 0.2) is 30.3 Å². The molecule has 0 saturated heterocycles. The van der Waals surface area contributed by atoms with Crippen molar-refractivity contribution in [1.82, 2.24) is 5.32 Å². The van der Waals surface area contributed by atoms with Crippen molar-refractivity contribution in [1.29, 1.82) is 0 Å². The van der Waals surface area contributed by atoms with Gasteiger partial charge in [0.2, 0.25) is 5.91 Å². The van der Waals surface area contributed by atoms with E-state index in [1.54, 1.807) is 0 Å². The molecule has 0 aliphatic rings. The largest absolute Gasteiger partial charge is 0.467 e. The highest BCUT2D eigenvalue weighted by Gasteiger charge is 2.20. The minimum absolute atomic E-state index is 0.0805. The first-order valence-electron chi connectivity index (χ1n) is 6.09. The van der Waals surface area contributed by atoms with Gasteiger partial charge in [-0.25, -0.2) is 4.79 Å². The average molecular weight is 275 g/mol. The maximum Gasteiger partial charge on any atom is 0.329 e. The topological polar surface area (TPSA) is 64.6 Å². The predicted molar refractivity (Wildman–Crippen MR) is 73.5 cm³/mol. The first-order chi connectivity index (χ1) is 9.67. The van der Waals surface area contributed by atoms with Crippen LogP contribution in [-0.2, 0) is 25.7 Å². The molecule has 106 valence electrons. The molecule has 5 heteroatoms. The van der Waals surface area contributed by atoms with Gasteiger partial charge in [0, 0.05) is 6.42 Å². The number of methoxy groups -OCH3 is 1. The number of carbonyl (C=O) groups excluding carboxylic acids is 2. The number of ether oxygens (including phenoxy) is 2. The Morgan fingerprint density at radius 3 is 2.65 bits per heavy atom. The van der Waals surface area contributed by atoms with Crippen LogP contribution in [0, 0.1) is 12.3 Å². The zero-order chi connectivity index (χ0) is 14.8. The standard InChI is InChI=1S/C15H17NO4/c1-3-7-13(15(18)19-2)16-14(17)11-20-10-12-8-5-4-6-9-12/h1,4-6,8-9,13H,7,10-11H2,2H3,(H,16,17)/t13-/m0/s1. The number of benzene rings is 1. The average Bonchev–Trinajstić information content (AvgIpc) is 2.47. The van der Waals surface area contributed by atoms with Gasteiger partial charge in [0.05, 0.1) is 13.7 Å². The van der Waals surface area contributed by atoms with Crippen LogP contribution in [0.5, 0.6) is 0 Å². The van der Waals surface area contributed by atoms with E-state index in [1.165, 1.54) is 7.11 Å². The highest BCUT2D eigenvalue weighted by Crippen LogP contribution is 2.00. The second-order valence-corrected chi connectivity index (χ2v) is 4.03. The van der Waals surface area contributed by atoms with Crippen molar-refractivity contribution in [2.75, 3.05) is 13.7 Å². The highest BCUT2D eigenvalue weighted by atomic mass is 16.5. The summed E-state index contributed by atoms with van der Waals surface area (Å²) in [5, 5.41) is 2.47. The van der Waals surface area contributed by atoms with Crippen LogP contribution >= 0.6 is 0 Å². The lowest BCUT2D eigenvalue weighted by Gasteiger charge is -2.14. The SMILES string of the molecule is C#CC[C@H](NC(=O)COCc1ccccc1)C(=O)OC. The minimum Gasteiger partial charge on any atom is -0.467 e. The van der Waals surface area contributed by atoms with Crippen LogP contribution in [0.4, 0.5) is 0 Å². The van der Waals surface area contributed by atoms with Crippen molar-refractivity contribution in [3.8, 4) is 12.3 Å². The zero-order valence-electron chi connectivity index (χ0n) is 11.3. The first-order valence-corrected chi connectivity index (χ1v) is 6.09. The molecule has 0 unspecified atom stereocenters. The van der Waals surface area contributed by atoms with Crippen molar-refractivity contribution < 1.29 is 19.1 Å². The monoisotopic (exact) mass is 275 g/mol. The molecule has 0 aromatic heterocycles. The van der Waals surface area contributed by atoms with Gasteiger partial charge in [-0.1, -0.05) is 30.3 Å². The molecule has 1 amide bonds. The van der Waals surface area contributed by atoms with Crippen LogP contribution < -0.4 is 5.32 Å². The molecule has 0 aliphatic carbocycles. The first kappa shape index (κ1) is 15.7. The number of nitrogens with one attached hydrogen (secondary N) is 1. The molecule has 1 rings (SSSR count). The lowest BCUT2D eigenvalue weighted by Crippen LogP contribution is -2.42. The molecule has 0 aliphatic heterocycles. The van der Waals surface area contributed by atoms with Crippen LogP contribution in [-0.4, -0.2) is 31.6 Å². The fraction of sp³-hybridized carbons (Fsp3) is 0.333. The van der Waals surface area contributed by atoms with E-state index >= 15 is 0 Å². The van der Waals surface area contributed by atoms with Crippen LogP contribution in [0.3, 0.4) is 0 Å². The third kappa shape index (κ3) is 5.55. The number of amides is 1. The maximum atomic E-state index is 11.6. The summed E-state index contributed by atoms with van der Waals surface area (Å²) in [4.78, 5) is 23.0. The summed E-state index contributed by atoms with van der Waals surface area (Å²) >= 11 is 0. The van der Waals surface area contributed by atoms with Crippen molar-refractivity contribution in [2.45, 2.75) is 19.1 Å². The second-order valence-electron chi connectivity index (χ2n) is 4.03. The quantitative estimate of drug-likeness (QED) is 0.593. The predicted octanol–water partition coefficient (Wildman–Crippen LogP) is 0.884. The van der Waals surface area contributed by atoms with E-state index in [4.69, 9.17) is 11.2 Å². The zero-order valence-corrected chi connectivity index (χ0v) is 11.3. The van der Waals surface area contributed by atoms with E-state index in [9.17, 15) is 9.59 Å². The van der Waals surface area contributed by atoms with E-state index in [0.29, 0.717) is 6.61 Å². The number of rotatable bonds is 7. The summed E-state index contributed by atoms with van der Waals surface area (Å²) in [6.45, 7) is 0.180. The Hall–Kier alpha value is -2.32. The van der Waals surface area contributed by atoms with Gasteiger partial charge in [-0.2, -0.15) is 0 Å². The summed E-state index contributed by atoms with van der Waals surface area (Å²) in [5.41, 5.74) is 0.966. The Bertz CT molecular complexity index is 478. The number of terminal acetylenes is 1. The van der Waals surface area contributed by atoms with Crippen LogP contribution in [0.2, 0.25) is 0 Å². The number of hydrogen-bond donors (Lipinski definition) is 1. The van der Waals surface area contributed by atoms with Crippen molar-refractivity contribution in [3.05, 3.63) is 35.9 Å². The third-order valence-corrected chi connectivity index (χ3v) is 2.49. The second kappa shape index (κ2) is 8.73. The van der Waals surface area contributed by atoms with Crippen LogP contribution in [0.25, 0.3) is 0 Å². The van der Waals surface area contributed by atoms with E-state index < -0.39 is 17.9 Å². The van der Waals surface area contributed by atoms with Crippen molar-refractivity contribution in [2.24, 2.45) is 0 Å².